The topological polar surface area (TPSA) is 91.7 Å². The Bertz CT molecular complexity index is 1180. The summed E-state index contributed by atoms with van der Waals surface area (Å²) in [5, 5.41) is 6.89. The summed E-state index contributed by atoms with van der Waals surface area (Å²) < 4.78 is 5.26. The van der Waals surface area contributed by atoms with Gasteiger partial charge in [0, 0.05) is 42.4 Å². The molecule has 0 bridgehead atoms. The van der Waals surface area contributed by atoms with Crippen molar-refractivity contribution in [3.63, 3.8) is 0 Å². The molecule has 7 nitrogen and oxygen atoms in total. The van der Waals surface area contributed by atoms with Crippen LogP contribution in [0.4, 0.5) is 11.4 Å². The number of likely N-dealkylation sites (N-methyl/N-ethyl adjacent to an activating group) is 1. The molecule has 0 atom stereocenters. The number of halogens is 2. The predicted molar refractivity (Wildman–Crippen MR) is 118 cm³/mol. The van der Waals surface area contributed by atoms with Gasteiger partial charge in [-0.25, -0.2) is 4.79 Å². The lowest BCUT2D eigenvalue weighted by atomic mass is 10.1. The Morgan fingerprint density at radius 1 is 1.00 bits per heavy atom. The Kier molecular flexibility index (Phi) is 6.77. The van der Waals surface area contributed by atoms with E-state index in [-0.39, 0.29) is 18.4 Å². The molecule has 9 heteroatoms. The lowest BCUT2D eigenvalue weighted by molar-refractivity contribution is -0.117. The van der Waals surface area contributed by atoms with E-state index in [4.69, 9.17) is 27.6 Å². The first kappa shape index (κ1) is 21.8. The van der Waals surface area contributed by atoms with E-state index in [1.165, 1.54) is 13.0 Å². The smallest absolute Gasteiger partial charge is 0.336 e. The fourth-order valence-corrected chi connectivity index (χ4v) is 3.31. The SMILES string of the molecule is CC(=O)Nc1ccc2c(CN(C)CC(=O)Nc3ccc(Cl)c(Cl)c3)cc(=O)oc2c1. The highest BCUT2D eigenvalue weighted by Crippen LogP contribution is 2.25. The number of hydrogen-bond acceptors (Lipinski definition) is 5. The molecule has 0 unspecified atom stereocenters. The van der Waals surface area contributed by atoms with Crippen LogP contribution in [0.15, 0.2) is 51.7 Å². The van der Waals surface area contributed by atoms with E-state index in [1.54, 1.807) is 48.3 Å². The van der Waals surface area contributed by atoms with Gasteiger partial charge in [-0.05, 0) is 42.9 Å². The quantitative estimate of drug-likeness (QED) is 0.554. The maximum atomic E-state index is 12.3. The average molecular weight is 448 g/mol. The third-order valence-corrected chi connectivity index (χ3v) is 4.95. The Morgan fingerprint density at radius 2 is 1.70 bits per heavy atom. The van der Waals surface area contributed by atoms with Gasteiger partial charge in [-0.1, -0.05) is 23.2 Å². The second-order valence-corrected chi connectivity index (χ2v) is 7.65. The molecule has 0 radical (unpaired) electrons. The van der Waals surface area contributed by atoms with Crippen LogP contribution in [0.1, 0.15) is 12.5 Å². The summed E-state index contributed by atoms with van der Waals surface area (Å²) in [5.41, 5.74) is 1.63. The van der Waals surface area contributed by atoms with Gasteiger partial charge in [-0.15, -0.1) is 0 Å². The monoisotopic (exact) mass is 447 g/mol. The van der Waals surface area contributed by atoms with E-state index in [0.29, 0.717) is 39.1 Å². The molecule has 3 rings (SSSR count). The summed E-state index contributed by atoms with van der Waals surface area (Å²) in [6.45, 7) is 1.83. The molecular formula is C21H19Cl2N3O4. The van der Waals surface area contributed by atoms with E-state index in [9.17, 15) is 14.4 Å². The number of anilines is 2. The minimum absolute atomic E-state index is 0.0892. The van der Waals surface area contributed by atoms with E-state index in [2.05, 4.69) is 10.6 Å². The van der Waals surface area contributed by atoms with E-state index >= 15 is 0 Å². The number of fused-ring (bicyclic) bond motifs is 1. The van der Waals surface area contributed by atoms with Gasteiger partial charge in [-0.2, -0.15) is 0 Å². The predicted octanol–water partition coefficient (Wildman–Crippen LogP) is 4.13. The van der Waals surface area contributed by atoms with Crippen LogP contribution in [0.5, 0.6) is 0 Å². The number of amides is 2. The summed E-state index contributed by atoms with van der Waals surface area (Å²) in [4.78, 5) is 37.3. The minimum Gasteiger partial charge on any atom is -0.423 e. The fraction of sp³-hybridized carbons (Fsp3) is 0.190. The van der Waals surface area contributed by atoms with E-state index in [0.717, 1.165) is 5.39 Å². The zero-order valence-electron chi connectivity index (χ0n) is 16.3. The first-order valence-corrected chi connectivity index (χ1v) is 9.74. The lowest BCUT2D eigenvalue weighted by Crippen LogP contribution is -2.30. The van der Waals surface area contributed by atoms with Gasteiger partial charge in [0.15, 0.2) is 0 Å². The fourth-order valence-electron chi connectivity index (χ4n) is 3.01. The van der Waals surface area contributed by atoms with Crippen molar-refractivity contribution in [2.24, 2.45) is 0 Å². The summed E-state index contributed by atoms with van der Waals surface area (Å²) in [7, 11) is 1.76. The van der Waals surface area contributed by atoms with E-state index in [1.807, 2.05) is 0 Å². The van der Waals surface area contributed by atoms with Gasteiger partial charge < -0.3 is 15.1 Å². The zero-order chi connectivity index (χ0) is 21.8. The van der Waals surface area contributed by atoms with Gasteiger partial charge in [0.05, 0.1) is 16.6 Å². The van der Waals surface area contributed by atoms with Crippen molar-refractivity contribution in [3.05, 3.63) is 68.5 Å². The number of benzene rings is 2. The third-order valence-electron chi connectivity index (χ3n) is 4.21. The summed E-state index contributed by atoms with van der Waals surface area (Å²) in [5.74, 6) is -0.461. The number of carbonyl (C=O) groups excluding carboxylic acids is 2. The number of hydrogen-bond donors (Lipinski definition) is 2. The van der Waals surface area contributed by atoms with Crippen molar-refractivity contribution in [3.8, 4) is 0 Å². The number of nitrogens with zero attached hydrogens (tertiary/aromatic N) is 1. The third kappa shape index (κ3) is 5.60. The molecule has 30 heavy (non-hydrogen) atoms. The van der Waals surface area contributed by atoms with Crippen LogP contribution in [0.3, 0.4) is 0 Å². The van der Waals surface area contributed by atoms with Crippen molar-refractivity contribution in [1.82, 2.24) is 4.90 Å². The molecule has 0 saturated carbocycles. The van der Waals surface area contributed by atoms with Crippen LogP contribution in [0, 0.1) is 0 Å². The van der Waals surface area contributed by atoms with Crippen molar-refractivity contribution in [1.29, 1.82) is 0 Å². The van der Waals surface area contributed by atoms with Crippen LogP contribution in [0.2, 0.25) is 10.0 Å². The van der Waals surface area contributed by atoms with Crippen molar-refractivity contribution in [2.45, 2.75) is 13.5 Å². The molecular weight excluding hydrogens is 429 g/mol. The van der Waals surface area contributed by atoms with Gasteiger partial charge in [-0.3, -0.25) is 14.5 Å². The van der Waals surface area contributed by atoms with Crippen molar-refractivity contribution < 1.29 is 14.0 Å². The van der Waals surface area contributed by atoms with Gasteiger partial charge >= 0.3 is 5.63 Å². The standard InChI is InChI=1S/C21H19Cl2N3O4/c1-12(27)24-15-3-5-16-13(7-21(29)30-19(16)9-15)10-26(2)11-20(28)25-14-4-6-17(22)18(23)8-14/h3-9H,10-11H2,1-2H3,(H,24,27)(H,25,28). The molecule has 2 N–H and O–H groups in total. The first-order chi connectivity index (χ1) is 14.2. The molecule has 1 aromatic heterocycles. The highest BCUT2D eigenvalue weighted by molar-refractivity contribution is 6.42. The second-order valence-electron chi connectivity index (χ2n) is 6.83. The van der Waals surface area contributed by atoms with Crippen LogP contribution in [0.25, 0.3) is 11.0 Å². The maximum absolute atomic E-state index is 12.3. The first-order valence-electron chi connectivity index (χ1n) is 8.99. The number of rotatable bonds is 6. The Balaban J connectivity index is 1.73. The molecule has 0 spiro atoms. The summed E-state index contributed by atoms with van der Waals surface area (Å²) >= 11 is 11.8. The Hall–Kier alpha value is -2.87. The van der Waals surface area contributed by atoms with Crippen molar-refractivity contribution in [2.75, 3.05) is 24.2 Å². The molecule has 0 aliphatic carbocycles. The zero-order valence-corrected chi connectivity index (χ0v) is 17.8. The molecule has 0 saturated heterocycles. The molecule has 156 valence electrons. The normalized spacial score (nSPS) is 11.0. The average Bonchev–Trinajstić information content (AvgIpc) is 2.63. The summed E-state index contributed by atoms with van der Waals surface area (Å²) in [6, 6.07) is 11.3. The van der Waals surface area contributed by atoms with Gasteiger partial charge in [0.2, 0.25) is 11.8 Å². The molecule has 0 aliphatic rings. The molecule has 2 amide bonds. The number of carbonyl (C=O) groups is 2. The van der Waals surface area contributed by atoms with Crippen LogP contribution < -0.4 is 16.3 Å². The molecule has 3 aromatic rings. The molecule has 0 aliphatic heterocycles. The minimum atomic E-state index is -0.508. The highest BCUT2D eigenvalue weighted by Gasteiger charge is 2.13. The summed E-state index contributed by atoms with van der Waals surface area (Å²) in [6.07, 6.45) is 0. The maximum Gasteiger partial charge on any atom is 0.336 e. The molecule has 2 aromatic carbocycles. The Labute approximate surface area is 182 Å². The van der Waals surface area contributed by atoms with Crippen LogP contribution in [-0.2, 0) is 16.1 Å². The largest absolute Gasteiger partial charge is 0.423 e. The lowest BCUT2D eigenvalue weighted by Gasteiger charge is -2.17. The van der Waals surface area contributed by atoms with Crippen LogP contribution in [-0.4, -0.2) is 30.3 Å². The number of nitrogens with one attached hydrogen (secondary N) is 2. The van der Waals surface area contributed by atoms with Crippen LogP contribution >= 0.6 is 23.2 Å². The van der Waals surface area contributed by atoms with E-state index < -0.39 is 5.63 Å². The van der Waals surface area contributed by atoms with Gasteiger partial charge in [0.1, 0.15) is 5.58 Å². The second kappa shape index (κ2) is 9.30. The molecule has 1 heterocycles. The molecule has 0 fully saturated rings. The van der Waals surface area contributed by atoms with Gasteiger partial charge in [0.25, 0.3) is 0 Å². The highest BCUT2D eigenvalue weighted by atomic mass is 35.5. The Morgan fingerprint density at radius 3 is 2.40 bits per heavy atom. The van der Waals surface area contributed by atoms with Crippen molar-refractivity contribution >= 4 is 57.4 Å².